The average Bonchev–Trinajstić information content (AvgIpc) is 3.17. The van der Waals surface area contributed by atoms with E-state index >= 15 is 0 Å². The number of methoxy groups -OCH3 is 1. The molecule has 0 aliphatic carbocycles. The summed E-state index contributed by atoms with van der Waals surface area (Å²) in [5.74, 6) is -0.713. The Kier molecular flexibility index (Phi) is 5.89. The smallest absolute Gasteiger partial charge is 0.262 e. The lowest BCUT2D eigenvalue weighted by Crippen LogP contribution is -2.21. The molecule has 0 atom stereocenters. The molecule has 0 fully saturated rings. The predicted molar refractivity (Wildman–Crippen MR) is 118 cm³/mol. The highest BCUT2D eigenvalue weighted by atomic mass is 19.1. The normalized spacial score (nSPS) is 10.7. The first-order valence-electron chi connectivity index (χ1n) is 9.86. The summed E-state index contributed by atoms with van der Waals surface area (Å²) in [5, 5.41) is 3.25. The minimum absolute atomic E-state index is 0.0832. The van der Waals surface area contributed by atoms with Gasteiger partial charge in [-0.25, -0.2) is 4.39 Å². The first-order valence-corrected chi connectivity index (χ1v) is 9.86. The van der Waals surface area contributed by atoms with Gasteiger partial charge in [0.2, 0.25) is 5.78 Å². The molecule has 6 nitrogen and oxygen atoms in total. The number of amides is 1. The Hall–Kier alpha value is -4.13. The third-order valence-corrected chi connectivity index (χ3v) is 4.93. The molecule has 0 aliphatic rings. The molecule has 0 spiro atoms. The number of halogens is 1. The fourth-order valence-electron chi connectivity index (χ4n) is 3.25. The molecule has 0 saturated heterocycles. The molecular formula is C25H20FNO5. The van der Waals surface area contributed by atoms with Crippen LogP contribution in [0.15, 0.2) is 71.1 Å². The van der Waals surface area contributed by atoms with Crippen LogP contribution in [-0.2, 0) is 4.79 Å². The molecule has 3 aromatic carbocycles. The quantitative estimate of drug-likeness (QED) is 0.409. The maximum atomic E-state index is 14.0. The lowest BCUT2D eigenvalue weighted by molar-refractivity contribution is -0.118. The number of rotatable bonds is 7. The molecule has 0 unspecified atom stereocenters. The van der Waals surface area contributed by atoms with Gasteiger partial charge in [-0.05, 0) is 42.8 Å². The van der Waals surface area contributed by atoms with Crippen molar-refractivity contribution in [3.05, 3.63) is 89.4 Å². The van der Waals surface area contributed by atoms with Crippen LogP contribution in [0.25, 0.3) is 11.0 Å². The summed E-state index contributed by atoms with van der Waals surface area (Å²) in [5.41, 5.74) is 1.17. The molecule has 0 bridgehead atoms. The number of ether oxygens (including phenoxy) is 2. The van der Waals surface area contributed by atoms with E-state index in [2.05, 4.69) is 5.32 Å². The van der Waals surface area contributed by atoms with Crippen molar-refractivity contribution < 1.29 is 27.9 Å². The first-order chi connectivity index (χ1) is 15.5. The number of para-hydroxylation sites is 3. The van der Waals surface area contributed by atoms with Gasteiger partial charge in [0, 0.05) is 10.9 Å². The van der Waals surface area contributed by atoms with E-state index in [-0.39, 0.29) is 23.6 Å². The fourth-order valence-corrected chi connectivity index (χ4v) is 3.25. The maximum Gasteiger partial charge on any atom is 0.262 e. The number of hydrogen-bond donors (Lipinski definition) is 1. The van der Waals surface area contributed by atoms with Crippen LogP contribution >= 0.6 is 0 Å². The number of carbonyl (C=O) groups excluding carboxylic acids is 2. The molecule has 4 rings (SSSR count). The van der Waals surface area contributed by atoms with E-state index < -0.39 is 17.5 Å². The zero-order valence-electron chi connectivity index (χ0n) is 17.5. The summed E-state index contributed by atoms with van der Waals surface area (Å²) in [7, 11) is 1.51. The predicted octanol–water partition coefficient (Wildman–Crippen LogP) is 5.14. The van der Waals surface area contributed by atoms with Crippen LogP contribution in [0.5, 0.6) is 11.5 Å². The van der Waals surface area contributed by atoms with Gasteiger partial charge in [0.15, 0.2) is 23.9 Å². The van der Waals surface area contributed by atoms with Gasteiger partial charge in [0.05, 0.1) is 12.8 Å². The number of carbonyl (C=O) groups is 2. The fraction of sp³-hybridized carbons (Fsp3) is 0.120. The Morgan fingerprint density at radius 2 is 1.72 bits per heavy atom. The Bertz CT molecular complexity index is 1310. The highest BCUT2D eigenvalue weighted by molar-refractivity contribution is 6.17. The SMILES string of the molecule is COc1ccccc1OCC(=O)Nc1c(C(=O)c2ccc(C)c(F)c2)oc2ccccc12. The number of ketones is 1. The van der Waals surface area contributed by atoms with E-state index in [0.29, 0.717) is 28.0 Å². The Balaban J connectivity index is 1.62. The largest absolute Gasteiger partial charge is 0.493 e. The van der Waals surface area contributed by atoms with Crippen molar-refractivity contribution in [2.24, 2.45) is 0 Å². The molecule has 1 heterocycles. The van der Waals surface area contributed by atoms with Crippen LogP contribution in [0, 0.1) is 12.7 Å². The molecule has 4 aromatic rings. The zero-order chi connectivity index (χ0) is 22.7. The topological polar surface area (TPSA) is 77.8 Å². The molecule has 1 amide bonds. The van der Waals surface area contributed by atoms with E-state index in [4.69, 9.17) is 13.9 Å². The van der Waals surface area contributed by atoms with Gasteiger partial charge in [-0.15, -0.1) is 0 Å². The van der Waals surface area contributed by atoms with Gasteiger partial charge < -0.3 is 19.2 Å². The standard InChI is InChI=1S/C25H20FNO5/c1-15-11-12-16(13-18(15)26)24(29)25-23(17-7-3-4-8-19(17)32-25)27-22(28)14-31-21-10-6-5-9-20(21)30-2/h3-13H,14H2,1-2H3,(H,27,28). The summed E-state index contributed by atoms with van der Waals surface area (Å²) in [4.78, 5) is 25.7. The molecule has 0 saturated carbocycles. The van der Waals surface area contributed by atoms with Gasteiger partial charge >= 0.3 is 0 Å². The van der Waals surface area contributed by atoms with Crippen LogP contribution < -0.4 is 14.8 Å². The third kappa shape index (κ3) is 4.18. The zero-order valence-corrected chi connectivity index (χ0v) is 17.5. The van der Waals surface area contributed by atoms with Crippen molar-refractivity contribution in [2.45, 2.75) is 6.92 Å². The van der Waals surface area contributed by atoms with Crippen LogP contribution in [0.1, 0.15) is 21.7 Å². The second kappa shape index (κ2) is 8.93. The lowest BCUT2D eigenvalue weighted by Gasteiger charge is -2.11. The number of furan rings is 1. The summed E-state index contributed by atoms with van der Waals surface area (Å²) >= 11 is 0. The summed E-state index contributed by atoms with van der Waals surface area (Å²) in [6.07, 6.45) is 0. The first kappa shape index (κ1) is 21.1. The summed E-state index contributed by atoms with van der Waals surface area (Å²) in [6, 6.07) is 18.1. The minimum Gasteiger partial charge on any atom is -0.493 e. The second-order valence-electron chi connectivity index (χ2n) is 7.08. The minimum atomic E-state index is -0.541. The van der Waals surface area contributed by atoms with Crippen molar-refractivity contribution >= 4 is 28.3 Å². The van der Waals surface area contributed by atoms with Crippen molar-refractivity contribution in [3.63, 3.8) is 0 Å². The molecule has 7 heteroatoms. The molecule has 1 N–H and O–H groups in total. The number of fused-ring (bicyclic) bond motifs is 1. The summed E-state index contributed by atoms with van der Waals surface area (Å²) < 4.78 is 30.5. The third-order valence-electron chi connectivity index (χ3n) is 4.93. The van der Waals surface area contributed by atoms with Crippen LogP contribution in [0.3, 0.4) is 0 Å². The molecule has 0 radical (unpaired) electrons. The maximum absolute atomic E-state index is 14.0. The Morgan fingerprint density at radius 1 is 1.00 bits per heavy atom. The summed E-state index contributed by atoms with van der Waals surface area (Å²) in [6.45, 7) is 1.30. The van der Waals surface area contributed by atoms with Gasteiger partial charge in [-0.2, -0.15) is 0 Å². The van der Waals surface area contributed by atoms with Gasteiger partial charge in [-0.1, -0.05) is 36.4 Å². The van der Waals surface area contributed by atoms with E-state index in [9.17, 15) is 14.0 Å². The van der Waals surface area contributed by atoms with Gasteiger partial charge in [0.1, 0.15) is 11.4 Å². The van der Waals surface area contributed by atoms with Crippen molar-refractivity contribution in [2.75, 3.05) is 19.0 Å². The van der Waals surface area contributed by atoms with E-state index in [0.717, 1.165) is 6.07 Å². The number of benzene rings is 3. The van der Waals surface area contributed by atoms with Gasteiger partial charge in [0.25, 0.3) is 5.91 Å². The van der Waals surface area contributed by atoms with Crippen molar-refractivity contribution in [3.8, 4) is 11.5 Å². The van der Waals surface area contributed by atoms with Gasteiger partial charge in [-0.3, -0.25) is 9.59 Å². The van der Waals surface area contributed by atoms with E-state index in [1.54, 1.807) is 55.5 Å². The van der Waals surface area contributed by atoms with E-state index in [1.807, 2.05) is 0 Å². The molecule has 1 aromatic heterocycles. The monoisotopic (exact) mass is 433 g/mol. The highest BCUT2D eigenvalue weighted by Gasteiger charge is 2.24. The molecular weight excluding hydrogens is 413 g/mol. The van der Waals surface area contributed by atoms with Crippen LogP contribution in [-0.4, -0.2) is 25.4 Å². The second-order valence-corrected chi connectivity index (χ2v) is 7.08. The average molecular weight is 433 g/mol. The number of anilines is 1. The van der Waals surface area contributed by atoms with Crippen molar-refractivity contribution in [1.82, 2.24) is 0 Å². The molecule has 0 aliphatic heterocycles. The van der Waals surface area contributed by atoms with Crippen LogP contribution in [0.4, 0.5) is 10.1 Å². The van der Waals surface area contributed by atoms with Crippen LogP contribution in [0.2, 0.25) is 0 Å². The Labute approximate surface area is 183 Å². The highest BCUT2D eigenvalue weighted by Crippen LogP contribution is 2.33. The molecule has 162 valence electrons. The number of aryl methyl sites for hydroxylation is 1. The lowest BCUT2D eigenvalue weighted by atomic mass is 10.0. The number of hydrogen-bond acceptors (Lipinski definition) is 5. The number of nitrogens with one attached hydrogen (secondary N) is 1. The van der Waals surface area contributed by atoms with Crippen molar-refractivity contribution in [1.29, 1.82) is 0 Å². The molecule has 32 heavy (non-hydrogen) atoms. The Morgan fingerprint density at radius 3 is 2.47 bits per heavy atom. The van der Waals surface area contributed by atoms with E-state index in [1.165, 1.54) is 19.2 Å².